The normalized spacial score (nSPS) is 29.5. The highest BCUT2D eigenvalue weighted by molar-refractivity contribution is 5.78. The fourth-order valence-corrected chi connectivity index (χ4v) is 6.63. The lowest BCUT2D eigenvalue weighted by molar-refractivity contribution is -0.136. The fourth-order valence-electron chi connectivity index (χ4n) is 6.63. The van der Waals surface area contributed by atoms with Gasteiger partial charge >= 0.3 is 0 Å². The van der Waals surface area contributed by atoms with Crippen molar-refractivity contribution in [3.63, 3.8) is 0 Å². The summed E-state index contributed by atoms with van der Waals surface area (Å²) in [7, 11) is 1.67. The standard InChI is InChI=1S/C31H41NO5/c1-21(33)31(2)20-32(30(34)19-36-17-22-9-5-4-6-10-22)16-27(31)23-13-14-28(35-3)29(15-23)37-18-26-24-11-7-8-12-25(24)26/h4-6,9-10,13-15,21,24-27,33H,7-8,11-12,16-20H2,1-3H3/t21-,24?,25?,26?,27+,31+/m1/s1. The highest BCUT2D eigenvalue weighted by atomic mass is 16.5. The Morgan fingerprint density at radius 3 is 2.51 bits per heavy atom. The number of hydrogen-bond acceptors (Lipinski definition) is 5. The minimum atomic E-state index is -0.582. The van der Waals surface area contributed by atoms with Crippen molar-refractivity contribution in [2.24, 2.45) is 23.2 Å². The van der Waals surface area contributed by atoms with Gasteiger partial charge in [0.15, 0.2) is 11.5 Å². The van der Waals surface area contributed by atoms with Crippen LogP contribution in [0.2, 0.25) is 0 Å². The van der Waals surface area contributed by atoms with Crippen LogP contribution in [0, 0.1) is 23.2 Å². The number of likely N-dealkylation sites (tertiary alicyclic amines) is 1. The maximum Gasteiger partial charge on any atom is 0.248 e. The Hall–Kier alpha value is -2.57. The molecule has 2 aliphatic carbocycles. The number of fused-ring (bicyclic) bond motifs is 1. The van der Waals surface area contributed by atoms with Gasteiger partial charge in [0.1, 0.15) is 6.61 Å². The molecule has 0 radical (unpaired) electrons. The average Bonchev–Trinajstić information content (AvgIpc) is 3.50. The first-order valence-electron chi connectivity index (χ1n) is 13.8. The maximum atomic E-state index is 13.1. The molecule has 200 valence electrons. The molecule has 37 heavy (non-hydrogen) atoms. The second kappa shape index (κ2) is 11.0. The number of aliphatic hydroxyl groups excluding tert-OH is 1. The fraction of sp³-hybridized carbons (Fsp3) is 0.581. The SMILES string of the molecule is COc1ccc([C@@H]2CN(C(=O)COCc3ccccc3)C[C@@]2(C)[C@@H](C)O)cc1OCC1C2CCCCC21. The smallest absolute Gasteiger partial charge is 0.248 e. The van der Waals surface area contributed by atoms with Crippen molar-refractivity contribution in [1.82, 2.24) is 4.90 Å². The van der Waals surface area contributed by atoms with Gasteiger partial charge in [-0.25, -0.2) is 0 Å². The van der Waals surface area contributed by atoms with E-state index < -0.39 is 11.5 Å². The Kier molecular flexibility index (Phi) is 7.77. The molecular formula is C31H41NO5. The summed E-state index contributed by atoms with van der Waals surface area (Å²) in [6.07, 6.45) is 4.79. The second-order valence-electron chi connectivity index (χ2n) is 11.5. The lowest BCUT2D eigenvalue weighted by Crippen LogP contribution is -2.38. The van der Waals surface area contributed by atoms with E-state index in [-0.39, 0.29) is 18.4 Å². The van der Waals surface area contributed by atoms with Crippen LogP contribution in [0.25, 0.3) is 0 Å². The van der Waals surface area contributed by atoms with Gasteiger partial charge in [-0.3, -0.25) is 4.79 Å². The zero-order valence-corrected chi connectivity index (χ0v) is 22.4. The summed E-state index contributed by atoms with van der Waals surface area (Å²) in [6, 6.07) is 15.9. The number of nitrogens with zero attached hydrogens (tertiary/aromatic N) is 1. The van der Waals surface area contributed by atoms with Crippen molar-refractivity contribution in [1.29, 1.82) is 0 Å². The molecular weight excluding hydrogens is 466 g/mol. The number of ether oxygens (including phenoxy) is 3. The predicted molar refractivity (Wildman–Crippen MR) is 143 cm³/mol. The zero-order valence-electron chi connectivity index (χ0n) is 22.4. The van der Waals surface area contributed by atoms with Crippen LogP contribution in [0.4, 0.5) is 0 Å². The Balaban J connectivity index is 1.26. The van der Waals surface area contributed by atoms with Gasteiger partial charge in [0.2, 0.25) is 5.91 Å². The van der Waals surface area contributed by atoms with E-state index in [2.05, 4.69) is 13.0 Å². The first kappa shape index (κ1) is 26.1. The molecule has 6 nitrogen and oxygen atoms in total. The molecule has 3 aliphatic rings. The Morgan fingerprint density at radius 1 is 1.11 bits per heavy atom. The molecule has 5 rings (SSSR count). The molecule has 1 heterocycles. The third-order valence-corrected chi connectivity index (χ3v) is 9.23. The van der Waals surface area contributed by atoms with Gasteiger partial charge in [0, 0.05) is 24.4 Å². The van der Waals surface area contributed by atoms with Gasteiger partial charge in [0.05, 0.1) is 26.4 Å². The second-order valence-corrected chi connectivity index (χ2v) is 11.5. The number of rotatable bonds is 10. The zero-order chi connectivity index (χ0) is 26.0. The average molecular weight is 508 g/mol. The summed E-state index contributed by atoms with van der Waals surface area (Å²) in [5.41, 5.74) is 1.62. The Labute approximate surface area is 220 Å². The minimum absolute atomic E-state index is 0.0256. The molecule has 2 saturated carbocycles. The quantitative estimate of drug-likeness (QED) is 0.488. The van der Waals surface area contributed by atoms with E-state index in [9.17, 15) is 9.90 Å². The van der Waals surface area contributed by atoms with Crippen LogP contribution in [0.1, 0.15) is 56.6 Å². The molecule has 2 aromatic rings. The number of hydrogen-bond donors (Lipinski definition) is 1. The van der Waals surface area contributed by atoms with Crippen LogP contribution >= 0.6 is 0 Å². The van der Waals surface area contributed by atoms with Gasteiger partial charge in [-0.05, 0) is 60.8 Å². The van der Waals surface area contributed by atoms with Gasteiger partial charge < -0.3 is 24.2 Å². The van der Waals surface area contributed by atoms with Crippen molar-refractivity contribution in [3.8, 4) is 11.5 Å². The summed E-state index contributed by atoms with van der Waals surface area (Å²) in [5, 5.41) is 10.8. The number of benzene rings is 2. The molecule has 1 aliphatic heterocycles. The number of amides is 1. The van der Waals surface area contributed by atoms with Crippen molar-refractivity contribution in [2.75, 3.05) is 33.4 Å². The van der Waals surface area contributed by atoms with E-state index in [0.717, 1.165) is 41.1 Å². The van der Waals surface area contributed by atoms with E-state index in [1.54, 1.807) is 7.11 Å². The number of methoxy groups -OCH3 is 1. The van der Waals surface area contributed by atoms with Crippen LogP contribution < -0.4 is 9.47 Å². The minimum Gasteiger partial charge on any atom is -0.493 e. The van der Waals surface area contributed by atoms with E-state index in [1.807, 2.05) is 54.3 Å². The maximum absolute atomic E-state index is 13.1. The summed E-state index contributed by atoms with van der Waals surface area (Å²) >= 11 is 0. The first-order chi connectivity index (χ1) is 17.9. The topological polar surface area (TPSA) is 68.2 Å². The molecule has 1 amide bonds. The molecule has 2 aromatic carbocycles. The summed E-state index contributed by atoms with van der Waals surface area (Å²) in [6.45, 7) is 6.07. The highest BCUT2D eigenvalue weighted by Gasteiger charge is 2.51. The van der Waals surface area contributed by atoms with Crippen LogP contribution in [-0.2, 0) is 16.1 Å². The molecule has 6 heteroatoms. The lowest BCUT2D eigenvalue weighted by atomic mass is 9.72. The molecule has 0 aromatic heterocycles. The lowest BCUT2D eigenvalue weighted by Gasteiger charge is -2.33. The number of carbonyl (C=O) groups is 1. The third-order valence-electron chi connectivity index (χ3n) is 9.23. The van der Waals surface area contributed by atoms with Crippen LogP contribution in [0.3, 0.4) is 0 Å². The number of aliphatic hydroxyl groups is 1. The molecule has 3 fully saturated rings. The third kappa shape index (κ3) is 5.51. The van der Waals surface area contributed by atoms with Crippen molar-refractivity contribution in [3.05, 3.63) is 59.7 Å². The van der Waals surface area contributed by atoms with Crippen LogP contribution in [0.5, 0.6) is 11.5 Å². The van der Waals surface area contributed by atoms with Crippen molar-refractivity contribution >= 4 is 5.91 Å². The van der Waals surface area contributed by atoms with E-state index >= 15 is 0 Å². The number of carbonyl (C=O) groups excluding carboxylic acids is 1. The van der Waals surface area contributed by atoms with Gasteiger partial charge in [-0.1, -0.05) is 56.2 Å². The summed E-state index contributed by atoms with van der Waals surface area (Å²) in [4.78, 5) is 14.9. The monoisotopic (exact) mass is 507 g/mol. The predicted octanol–water partition coefficient (Wildman–Crippen LogP) is 5.04. The Bertz CT molecular complexity index is 1060. The van der Waals surface area contributed by atoms with Crippen molar-refractivity contribution in [2.45, 2.75) is 58.2 Å². The molecule has 2 unspecified atom stereocenters. The van der Waals surface area contributed by atoms with Gasteiger partial charge in [-0.15, -0.1) is 0 Å². The molecule has 0 spiro atoms. The molecule has 1 N–H and O–H groups in total. The highest BCUT2D eigenvalue weighted by Crippen LogP contribution is 2.55. The largest absolute Gasteiger partial charge is 0.493 e. The summed E-state index contributed by atoms with van der Waals surface area (Å²) < 4.78 is 17.7. The molecule has 5 atom stereocenters. The molecule has 0 bridgehead atoms. The van der Waals surface area contributed by atoms with E-state index in [4.69, 9.17) is 14.2 Å². The van der Waals surface area contributed by atoms with Crippen LogP contribution in [-0.4, -0.2) is 55.4 Å². The van der Waals surface area contributed by atoms with Crippen molar-refractivity contribution < 1.29 is 24.1 Å². The Morgan fingerprint density at radius 2 is 1.84 bits per heavy atom. The van der Waals surface area contributed by atoms with E-state index in [0.29, 0.717) is 25.6 Å². The van der Waals surface area contributed by atoms with E-state index in [1.165, 1.54) is 25.7 Å². The molecule has 1 saturated heterocycles. The van der Waals surface area contributed by atoms with Gasteiger partial charge in [-0.2, -0.15) is 0 Å². The first-order valence-corrected chi connectivity index (χ1v) is 13.8. The summed E-state index contributed by atoms with van der Waals surface area (Å²) in [5.74, 6) is 3.74. The van der Waals surface area contributed by atoms with Gasteiger partial charge in [0.25, 0.3) is 0 Å². The van der Waals surface area contributed by atoms with Crippen LogP contribution in [0.15, 0.2) is 48.5 Å².